The number of nitrogens with one attached hydrogen (secondary N) is 2. The van der Waals surface area contributed by atoms with Gasteiger partial charge in [0.05, 0.1) is 19.8 Å². The third-order valence-electron chi connectivity index (χ3n) is 4.10. The lowest BCUT2D eigenvalue weighted by atomic mass is 10.1. The van der Waals surface area contributed by atoms with Crippen molar-refractivity contribution in [2.24, 2.45) is 0 Å². The van der Waals surface area contributed by atoms with Gasteiger partial charge in [-0.3, -0.25) is 4.79 Å². The molecule has 1 aromatic heterocycles. The zero-order valence-electron chi connectivity index (χ0n) is 15.8. The fraction of sp³-hybridized carbons (Fsp3) is 0.190. The molecule has 144 valence electrons. The van der Waals surface area contributed by atoms with Gasteiger partial charge < -0.3 is 20.1 Å². The Bertz CT molecular complexity index is 912. The molecule has 3 rings (SSSR count). The van der Waals surface area contributed by atoms with Gasteiger partial charge in [0.25, 0.3) is 5.91 Å². The maximum atomic E-state index is 12.3. The molecule has 2 N–H and O–H groups in total. The summed E-state index contributed by atoms with van der Waals surface area (Å²) in [7, 11) is 3.23. The standard InChI is InChI=1S/C21H22N4O3/c1-27-18-8-6-15(7-9-18)10-11-22-21-23-13-16(14-24-21)20(26)25-17-4-3-5-19(12-17)28-2/h3-9,12-14H,10-11H2,1-2H3,(H,25,26)(H,22,23,24). The van der Waals surface area contributed by atoms with Gasteiger partial charge >= 0.3 is 0 Å². The molecular formula is C21H22N4O3. The Hall–Kier alpha value is -3.61. The van der Waals surface area contributed by atoms with Gasteiger partial charge in [0, 0.05) is 30.7 Å². The van der Waals surface area contributed by atoms with Crippen molar-refractivity contribution in [2.45, 2.75) is 6.42 Å². The predicted octanol–water partition coefficient (Wildman–Crippen LogP) is 3.40. The van der Waals surface area contributed by atoms with Gasteiger partial charge in [-0.25, -0.2) is 9.97 Å². The first kappa shape index (κ1) is 19.2. The molecular weight excluding hydrogens is 356 g/mol. The summed E-state index contributed by atoms with van der Waals surface area (Å²) in [5.41, 5.74) is 2.21. The van der Waals surface area contributed by atoms with Crippen molar-refractivity contribution < 1.29 is 14.3 Å². The number of ether oxygens (including phenoxy) is 2. The highest BCUT2D eigenvalue weighted by Gasteiger charge is 2.08. The topological polar surface area (TPSA) is 85.4 Å². The van der Waals surface area contributed by atoms with Crippen LogP contribution in [0.25, 0.3) is 0 Å². The Morgan fingerprint density at radius 2 is 1.68 bits per heavy atom. The van der Waals surface area contributed by atoms with Gasteiger partial charge in [-0.1, -0.05) is 18.2 Å². The SMILES string of the molecule is COc1ccc(CCNc2ncc(C(=O)Nc3cccc(OC)c3)cn2)cc1. The molecule has 0 atom stereocenters. The number of anilines is 2. The number of aromatic nitrogens is 2. The second-order valence-electron chi connectivity index (χ2n) is 6.01. The molecule has 0 aliphatic heterocycles. The Morgan fingerprint density at radius 1 is 0.964 bits per heavy atom. The van der Waals surface area contributed by atoms with Crippen LogP contribution >= 0.6 is 0 Å². The first-order valence-electron chi connectivity index (χ1n) is 8.82. The van der Waals surface area contributed by atoms with Gasteiger partial charge in [-0.2, -0.15) is 0 Å². The first-order chi connectivity index (χ1) is 13.7. The normalized spacial score (nSPS) is 10.2. The van der Waals surface area contributed by atoms with Crippen LogP contribution in [0.4, 0.5) is 11.6 Å². The number of rotatable bonds is 8. The predicted molar refractivity (Wildman–Crippen MR) is 108 cm³/mol. The van der Waals surface area contributed by atoms with Gasteiger partial charge in [-0.05, 0) is 36.2 Å². The molecule has 0 spiro atoms. The van der Waals surface area contributed by atoms with Gasteiger partial charge in [0.15, 0.2) is 0 Å². The number of methoxy groups -OCH3 is 2. The van der Waals surface area contributed by atoms with Crippen LogP contribution in [0.1, 0.15) is 15.9 Å². The van der Waals surface area contributed by atoms with E-state index in [4.69, 9.17) is 9.47 Å². The molecule has 1 heterocycles. The molecule has 0 radical (unpaired) electrons. The molecule has 0 saturated carbocycles. The van der Waals surface area contributed by atoms with Crippen LogP contribution < -0.4 is 20.1 Å². The van der Waals surface area contributed by atoms with Crippen molar-refractivity contribution >= 4 is 17.5 Å². The van der Waals surface area contributed by atoms with Crippen LogP contribution in [0.3, 0.4) is 0 Å². The quantitative estimate of drug-likeness (QED) is 0.625. The maximum absolute atomic E-state index is 12.3. The minimum atomic E-state index is -0.280. The molecule has 3 aromatic rings. The molecule has 0 aliphatic carbocycles. The van der Waals surface area contributed by atoms with Crippen molar-refractivity contribution in [1.82, 2.24) is 9.97 Å². The van der Waals surface area contributed by atoms with Crippen LogP contribution in [0.5, 0.6) is 11.5 Å². The molecule has 0 aliphatic rings. The smallest absolute Gasteiger partial charge is 0.258 e. The second kappa shape index (κ2) is 9.36. The van der Waals surface area contributed by atoms with E-state index in [1.807, 2.05) is 30.3 Å². The average molecular weight is 378 g/mol. The summed E-state index contributed by atoms with van der Waals surface area (Å²) in [6.07, 6.45) is 3.82. The third-order valence-corrected chi connectivity index (χ3v) is 4.10. The van der Waals surface area contributed by atoms with E-state index in [0.717, 1.165) is 12.2 Å². The van der Waals surface area contributed by atoms with E-state index in [9.17, 15) is 4.79 Å². The zero-order chi connectivity index (χ0) is 19.8. The van der Waals surface area contributed by atoms with Crippen molar-refractivity contribution in [3.63, 3.8) is 0 Å². The summed E-state index contributed by atoms with van der Waals surface area (Å²) < 4.78 is 10.3. The van der Waals surface area contributed by atoms with Crippen LogP contribution in [0.2, 0.25) is 0 Å². The van der Waals surface area contributed by atoms with Crippen molar-refractivity contribution in [3.05, 3.63) is 72.1 Å². The monoisotopic (exact) mass is 378 g/mol. The highest BCUT2D eigenvalue weighted by Crippen LogP contribution is 2.17. The number of nitrogens with zero attached hydrogens (tertiary/aromatic N) is 2. The summed E-state index contributed by atoms with van der Waals surface area (Å²) in [6, 6.07) is 15.1. The van der Waals surface area contributed by atoms with Gasteiger partial charge in [0.1, 0.15) is 11.5 Å². The van der Waals surface area contributed by atoms with E-state index >= 15 is 0 Å². The molecule has 7 nitrogen and oxygen atoms in total. The Morgan fingerprint density at radius 3 is 2.36 bits per heavy atom. The van der Waals surface area contributed by atoms with E-state index in [1.165, 1.54) is 18.0 Å². The minimum Gasteiger partial charge on any atom is -0.497 e. The molecule has 28 heavy (non-hydrogen) atoms. The molecule has 1 amide bonds. The number of benzene rings is 2. The lowest BCUT2D eigenvalue weighted by Crippen LogP contribution is -2.14. The molecule has 2 aromatic carbocycles. The van der Waals surface area contributed by atoms with E-state index in [1.54, 1.807) is 32.4 Å². The van der Waals surface area contributed by atoms with Crippen molar-refractivity contribution in [3.8, 4) is 11.5 Å². The second-order valence-corrected chi connectivity index (χ2v) is 6.01. The highest BCUT2D eigenvalue weighted by atomic mass is 16.5. The fourth-order valence-electron chi connectivity index (χ4n) is 2.55. The minimum absolute atomic E-state index is 0.280. The van der Waals surface area contributed by atoms with Gasteiger partial charge in [-0.15, -0.1) is 0 Å². The molecule has 0 unspecified atom stereocenters. The summed E-state index contributed by atoms with van der Waals surface area (Å²) in [4.78, 5) is 20.7. The van der Waals surface area contributed by atoms with Crippen LogP contribution in [0, 0.1) is 0 Å². The van der Waals surface area contributed by atoms with E-state index in [2.05, 4.69) is 20.6 Å². The lowest BCUT2D eigenvalue weighted by Gasteiger charge is -2.08. The molecule has 0 saturated heterocycles. The summed E-state index contributed by atoms with van der Waals surface area (Å²) in [6.45, 7) is 0.682. The number of amides is 1. The van der Waals surface area contributed by atoms with E-state index in [0.29, 0.717) is 29.5 Å². The summed E-state index contributed by atoms with van der Waals surface area (Å²) >= 11 is 0. The number of carbonyl (C=O) groups is 1. The first-order valence-corrected chi connectivity index (χ1v) is 8.82. The van der Waals surface area contributed by atoms with E-state index < -0.39 is 0 Å². The van der Waals surface area contributed by atoms with Crippen molar-refractivity contribution in [2.75, 3.05) is 31.4 Å². The number of hydrogen-bond donors (Lipinski definition) is 2. The van der Waals surface area contributed by atoms with Crippen LogP contribution in [-0.4, -0.2) is 36.6 Å². The lowest BCUT2D eigenvalue weighted by molar-refractivity contribution is 0.102. The van der Waals surface area contributed by atoms with E-state index in [-0.39, 0.29) is 5.91 Å². The number of hydrogen-bond acceptors (Lipinski definition) is 6. The largest absolute Gasteiger partial charge is 0.497 e. The zero-order valence-corrected chi connectivity index (χ0v) is 15.8. The average Bonchev–Trinajstić information content (AvgIpc) is 2.75. The third kappa shape index (κ3) is 5.20. The molecule has 0 bridgehead atoms. The maximum Gasteiger partial charge on any atom is 0.258 e. The van der Waals surface area contributed by atoms with Crippen molar-refractivity contribution in [1.29, 1.82) is 0 Å². The molecule has 7 heteroatoms. The van der Waals surface area contributed by atoms with Crippen LogP contribution in [-0.2, 0) is 6.42 Å². The Labute approximate surface area is 163 Å². The van der Waals surface area contributed by atoms with Crippen LogP contribution in [0.15, 0.2) is 60.9 Å². The highest BCUT2D eigenvalue weighted by molar-refractivity contribution is 6.03. The number of carbonyl (C=O) groups excluding carboxylic acids is 1. The summed E-state index contributed by atoms with van der Waals surface area (Å²) in [5, 5.41) is 5.95. The van der Waals surface area contributed by atoms with Gasteiger partial charge in [0.2, 0.25) is 5.95 Å². The Balaban J connectivity index is 1.51. The Kier molecular flexibility index (Phi) is 6.41. The fourth-order valence-corrected chi connectivity index (χ4v) is 2.55. The molecule has 0 fully saturated rings. The summed E-state index contributed by atoms with van der Waals surface area (Å²) in [5.74, 6) is 1.71.